The summed E-state index contributed by atoms with van der Waals surface area (Å²) in [5.41, 5.74) is 5.55. The number of benzene rings is 2. The molecule has 27 heavy (non-hydrogen) atoms. The third-order valence-electron chi connectivity index (χ3n) is 5.02. The molecule has 1 N–H and O–H groups in total. The minimum Gasteiger partial charge on any atom is -0.478 e. The normalized spacial score (nSPS) is 11.8. The Morgan fingerprint density at radius 2 is 1.67 bits per heavy atom. The second kappa shape index (κ2) is 8.04. The number of hydrogen-bond donors (Lipinski definition) is 1. The maximum atomic E-state index is 11.8. The number of hydrogen-bond acceptors (Lipinski definition) is 3. The lowest BCUT2D eigenvalue weighted by molar-refractivity contribution is 0.0697. The van der Waals surface area contributed by atoms with E-state index < -0.39 is 5.97 Å². The number of nitrogens with zero attached hydrogens (tertiary/aromatic N) is 2. The molecule has 0 aliphatic heterocycles. The number of aromatic nitrogens is 1. The van der Waals surface area contributed by atoms with Gasteiger partial charge in [-0.15, -0.1) is 0 Å². The summed E-state index contributed by atoms with van der Waals surface area (Å²) in [6.07, 6.45) is 3.58. The SMILES string of the molecule is Cc1cccc(N(CC(C)c2ccncc2)c2ccccc2C(=O)O)c1C. The molecule has 0 bridgehead atoms. The van der Waals surface area contributed by atoms with E-state index in [1.165, 1.54) is 11.1 Å². The van der Waals surface area contributed by atoms with Crippen molar-refractivity contribution in [2.45, 2.75) is 26.7 Å². The van der Waals surface area contributed by atoms with Gasteiger partial charge in [-0.05, 0) is 66.8 Å². The van der Waals surface area contributed by atoms with E-state index in [-0.39, 0.29) is 5.92 Å². The predicted octanol–water partition coefficient (Wildman–Crippen LogP) is 5.34. The molecular weight excluding hydrogens is 336 g/mol. The van der Waals surface area contributed by atoms with Crippen molar-refractivity contribution in [3.63, 3.8) is 0 Å². The fourth-order valence-electron chi connectivity index (χ4n) is 3.32. The molecular formula is C23H24N2O2. The standard InChI is InChI=1S/C23H24N2O2/c1-16-7-6-10-21(18(16)3)25(15-17(2)19-11-13-24-14-12-19)22-9-5-4-8-20(22)23(26)27/h4-14,17H,15H2,1-3H3,(H,26,27). The predicted molar refractivity (Wildman–Crippen MR) is 109 cm³/mol. The molecule has 0 saturated heterocycles. The van der Waals surface area contributed by atoms with Gasteiger partial charge in [0.2, 0.25) is 0 Å². The minimum absolute atomic E-state index is 0.203. The summed E-state index contributed by atoms with van der Waals surface area (Å²) in [7, 11) is 0. The molecule has 4 heteroatoms. The average Bonchev–Trinajstić information content (AvgIpc) is 2.69. The van der Waals surface area contributed by atoms with Gasteiger partial charge < -0.3 is 10.0 Å². The molecule has 0 amide bonds. The fraction of sp³-hybridized carbons (Fsp3) is 0.217. The fourth-order valence-corrected chi connectivity index (χ4v) is 3.32. The first kappa shape index (κ1) is 18.6. The van der Waals surface area contributed by atoms with Crippen LogP contribution in [0.5, 0.6) is 0 Å². The highest BCUT2D eigenvalue weighted by molar-refractivity contribution is 5.95. The van der Waals surface area contributed by atoms with Gasteiger partial charge in [0.1, 0.15) is 0 Å². The highest BCUT2D eigenvalue weighted by Gasteiger charge is 2.21. The summed E-state index contributed by atoms with van der Waals surface area (Å²) < 4.78 is 0. The van der Waals surface area contributed by atoms with Crippen molar-refractivity contribution in [3.8, 4) is 0 Å². The Hall–Kier alpha value is -3.14. The van der Waals surface area contributed by atoms with Gasteiger partial charge in [0, 0.05) is 24.6 Å². The second-order valence-corrected chi connectivity index (χ2v) is 6.83. The molecule has 1 unspecified atom stereocenters. The van der Waals surface area contributed by atoms with Crippen LogP contribution in [0.2, 0.25) is 0 Å². The summed E-state index contributed by atoms with van der Waals surface area (Å²) >= 11 is 0. The van der Waals surface area contributed by atoms with Gasteiger partial charge in [0.05, 0.1) is 11.3 Å². The van der Waals surface area contributed by atoms with Crippen LogP contribution in [0.1, 0.15) is 39.9 Å². The van der Waals surface area contributed by atoms with Crippen LogP contribution in [0.4, 0.5) is 11.4 Å². The molecule has 1 atom stereocenters. The van der Waals surface area contributed by atoms with Crippen LogP contribution in [0.25, 0.3) is 0 Å². The lowest BCUT2D eigenvalue weighted by atomic mass is 9.99. The van der Waals surface area contributed by atoms with E-state index in [2.05, 4.69) is 42.8 Å². The number of carbonyl (C=O) groups is 1. The van der Waals surface area contributed by atoms with E-state index in [0.717, 1.165) is 11.3 Å². The number of carboxylic acid groups (broad SMARTS) is 1. The third-order valence-corrected chi connectivity index (χ3v) is 5.02. The van der Waals surface area contributed by atoms with Crippen LogP contribution in [0.15, 0.2) is 67.0 Å². The van der Waals surface area contributed by atoms with E-state index in [0.29, 0.717) is 17.8 Å². The number of pyridine rings is 1. The molecule has 0 aliphatic rings. The molecule has 0 saturated carbocycles. The summed E-state index contributed by atoms with van der Waals surface area (Å²) in [5.74, 6) is -0.716. The Labute approximate surface area is 160 Å². The number of carboxylic acids is 1. The molecule has 3 aromatic rings. The number of rotatable bonds is 6. The average molecular weight is 360 g/mol. The first-order chi connectivity index (χ1) is 13.0. The molecule has 0 spiro atoms. The van der Waals surface area contributed by atoms with Crippen molar-refractivity contribution in [1.82, 2.24) is 4.98 Å². The van der Waals surface area contributed by atoms with Crippen molar-refractivity contribution in [2.24, 2.45) is 0 Å². The Morgan fingerprint density at radius 1 is 1.00 bits per heavy atom. The van der Waals surface area contributed by atoms with Crippen LogP contribution in [0, 0.1) is 13.8 Å². The van der Waals surface area contributed by atoms with E-state index in [9.17, 15) is 9.90 Å². The topological polar surface area (TPSA) is 53.4 Å². The maximum absolute atomic E-state index is 11.8. The van der Waals surface area contributed by atoms with Gasteiger partial charge in [-0.25, -0.2) is 4.79 Å². The number of aromatic carboxylic acids is 1. The highest BCUT2D eigenvalue weighted by Crippen LogP contribution is 2.34. The van der Waals surface area contributed by atoms with Crippen molar-refractivity contribution >= 4 is 17.3 Å². The molecule has 138 valence electrons. The molecule has 0 radical (unpaired) electrons. The summed E-state index contributed by atoms with van der Waals surface area (Å²) in [6.45, 7) is 6.97. The molecule has 4 nitrogen and oxygen atoms in total. The van der Waals surface area contributed by atoms with Gasteiger partial charge in [-0.2, -0.15) is 0 Å². The molecule has 3 rings (SSSR count). The van der Waals surface area contributed by atoms with Crippen molar-refractivity contribution in [2.75, 3.05) is 11.4 Å². The van der Waals surface area contributed by atoms with E-state index >= 15 is 0 Å². The van der Waals surface area contributed by atoms with Crippen LogP contribution >= 0.6 is 0 Å². The van der Waals surface area contributed by atoms with Crippen molar-refractivity contribution in [1.29, 1.82) is 0 Å². The van der Waals surface area contributed by atoms with E-state index in [1.54, 1.807) is 24.5 Å². The smallest absolute Gasteiger partial charge is 0.337 e. The Balaban J connectivity index is 2.10. The monoisotopic (exact) mass is 360 g/mol. The third kappa shape index (κ3) is 4.00. The second-order valence-electron chi connectivity index (χ2n) is 6.83. The lowest BCUT2D eigenvalue weighted by Crippen LogP contribution is -2.25. The van der Waals surface area contributed by atoms with Crippen LogP contribution < -0.4 is 4.90 Å². The van der Waals surface area contributed by atoms with Crippen molar-refractivity contribution in [3.05, 3.63) is 89.2 Å². The van der Waals surface area contributed by atoms with Gasteiger partial charge in [0.15, 0.2) is 0 Å². The van der Waals surface area contributed by atoms with E-state index in [1.807, 2.05) is 30.3 Å². The van der Waals surface area contributed by atoms with Crippen LogP contribution in [-0.4, -0.2) is 22.6 Å². The zero-order valence-corrected chi connectivity index (χ0v) is 15.9. The molecule has 1 heterocycles. The molecule has 1 aromatic heterocycles. The molecule has 0 fully saturated rings. The van der Waals surface area contributed by atoms with Crippen LogP contribution in [-0.2, 0) is 0 Å². The Kier molecular flexibility index (Phi) is 5.55. The zero-order chi connectivity index (χ0) is 19.4. The Bertz CT molecular complexity index is 938. The first-order valence-corrected chi connectivity index (χ1v) is 9.05. The first-order valence-electron chi connectivity index (χ1n) is 9.05. The number of anilines is 2. The number of aryl methyl sites for hydroxylation is 1. The maximum Gasteiger partial charge on any atom is 0.337 e. The summed E-state index contributed by atoms with van der Waals surface area (Å²) in [4.78, 5) is 18.0. The van der Waals surface area contributed by atoms with Crippen molar-refractivity contribution < 1.29 is 9.90 Å². The molecule has 0 aliphatic carbocycles. The quantitative estimate of drug-likeness (QED) is 0.645. The van der Waals surface area contributed by atoms with E-state index in [4.69, 9.17) is 0 Å². The summed E-state index contributed by atoms with van der Waals surface area (Å²) in [6, 6.07) is 17.4. The van der Waals surface area contributed by atoms with Gasteiger partial charge in [0.25, 0.3) is 0 Å². The lowest BCUT2D eigenvalue weighted by Gasteiger charge is -2.31. The Morgan fingerprint density at radius 3 is 2.37 bits per heavy atom. The van der Waals surface area contributed by atoms with Gasteiger partial charge in [-0.1, -0.05) is 31.2 Å². The van der Waals surface area contributed by atoms with Gasteiger partial charge >= 0.3 is 5.97 Å². The van der Waals surface area contributed by atoms with Crippen LogP contribution in [0.3, 0.4) is 0 Å². The number of para-hydroxylation sites is 1. The minimum atomic E-state index is -0.919. The zero-order valence-electron chi connectivity index (χ0n) is 15.9. The molecule has 2 aromatic carbocycles. The summed E-state index contributed by atoms with van der Waals surface area (Å²) in [5, 5.41) is 9.70. The highest BCUT2D eigenvalue weighted by atomic mass is 16.4. The van der Waals surface area contributed by atoms with Gasteiger partial charge in [-0.3, -0.25) is 4.98 Å². The largest absolute Gasteiger partial charge is 0.478 e.